The molecule has 0 saturated heterocycles. The predicted octanol–water partition coefficient (Wildman–Crippen LogP) is 2.45. The summed E-state index contributed by atoms with van der Waals surface area (Å²) in [5, 5.41) is 2.17. The van der Waals surface area contributed by atoms with E-state index in [1.54, 1.807) is 0 Å². The van der Waals surface area contributed by atoms with Crippen molar-refractivity contribution in [1.82, 2.24) is 0 Å². The van der Waals surface area contributed by atoms with Crippen LogP contribution in [0.5, 0.6) is 5.75 Å². The van der Waals surface area contributed by atoms with E-state index < -0.39 is 11.6 Å². The lowest BCUT2D eigenvalue weighted by Crippen LogP contribution is -2.01. The standard InChI is InChI=1S/C9H7F2NOS/c10-8-2-1-7(5-9(8)11)13-4-3-12-6-14/h1-2,5H,3-4H2. The molecule has 0 saturated carbocycles. The van der Waals surface area contributed by atoms with Crippen LogP contribution in [0, 0.1) is 11.6 Å². The van der Waals surface area contributed by atoms with E-state index in [0.717, 1.165) is 12.1 Å². The Labute approximate surface area is 85.2 Å². The van der Waals surface area contributed by atoms with Crippen LogP contribution in [0.3, 0.4) is 0 Å². The second kappa shape index (κ2) is 5.42. The quantitative estimate of drug-likeness (QED) is 0.437. The van der Waals surface area contributed by atoms with Gasteiger partial charge in [0.1, 0.15) is 12.4 Å². The number of aliphatic imine (C=N–C) groups is 1. The van der Waals surface area contributed by atoms with E-state index in [1.807, 2.05) is 0 Å². The lowest BCUT2D eigenvalue weighted by atomic mass is 10.3. The highest BCUT2D eigenvalue weighted by Crippen LogP contribution is 2.14. The first-order chi connectivity index (χ1) is 6.74. The highest BCUT2D eigenvalue weighted by atomic mass is 32.1. The molecule has 0 unspecified atom stereocenters. The summed E-state index contributed by atoms with van der Waals surface area (Å²) in [7, 11) is 0. The first kappa shape index (κ1) is 10.8. The van der Waals surface area contributed by atoms with Gasteiger partial charge in [0.25, 0.3) is 0 Å². The molecular weight excluding hydrogens is 208 g/mol. The van der Waals surface area contributed by atoms with Gasteiger partial charge in [-0.15, -0.1) is 0 Å². The average Bonchev–Trinajstić information content (AvgIpc) is 2.18. The number of benzene rings is 1. The van der Waals surface area contributed by atoms with E-state index in [0.29, 0.717) is 6.54 Å². The summed E-state index contributed by atoms with van der Waals surface area (Å²) in [6, 6.07) is 3.34. The average molecular weight is 215 g/mol. The number of rotatable bonds is 4. The van der Waals surface area contributed by atoms with E-state index in [-0.39, 0.29) is 12.4 Å². The number of isothiocyanates is 1. The molecule has 1 aromatic rings. The van der Waals surface area contributed by atoms with Crippen molar-refractivity contribution in [2.24, 2.45) is 4.99 Å². The largest absolute Gasteiger partial charge is 0.492 e. The van der Waals surface area contributed by atoms with Crippen molar-refractivity contribution in [1.29, 1.82) is 0 Å². The number of nitrogens with zero attached hydrogens (tertiary/aromatic N) is 1. The number of halogens is 2. The van der Waals surface area contributed by atoms with Gasteiger partial charge in [0.15, 0.2) is 11.6 Å². The Kier molecular flexibility index (Phi) is 4.16. The molecule has 14 heavy (non-hydrogen) atoms. The SMILES string of the molecule is Fc1ccc(OCCN=C=S)cc1F. The van der Waals surface area contributed by atoms with Crippen LogP contribution in [-0.4, -0.2) is 18.3 Å². The minimum absolute atomic E-state index is 0.259. The van der Waals surface area contributed by atoms with Crippen LogP contribution in [0.15, 0.2) is 23.2 Å². The molecule has 0 N–H and O–H groups in total. The zero-order valence-electron chi connectivity index (χ0n) is 7.17. The van der Waals surface area contributed by atoms with Crippen LogP contribution in [0.1, 0.15) is 0 Å². The van der Waals surface area contributed by atoms with Crippen molar-refractivity contribution in [3.8, 4) is 5.75 Å². The number of thiocarbonyl (C=S) groups is 1. The molecule has 5 heteroatoms. The molecule has 0 fully saturated rings. The third kappa shape index (κ3) is 3.20. The van der Waals surface area contributed by atoms with Crippen molar-refractivity contribution in [2.45, 2.75) is 0 Å². The van der Waals surface area contributed by atoms with E-state index >= 15 is 0 Å². The fraction of sp³-hybridized carbons (Fsp3) is 0.222. The van der Waals surface area contributed by atoms with E-state index in [4.69, 9.17) is 4.74 Å². The molecule has 0 aliphatic carbocycles. The summed E-state index contributed by atoms with van der Waals surface area (Å²) in [5.74, 6) is -1.56. The topological polar surface area (TPSA) is 21.6 Å². The molecule has 0 bridgehead atoms. The van der Waals surface area contributed by atoms with Crippen LogP contribution >= 0.6 is 12.2 Å². The van der Waals surface area contributed by atoms with Gasteiger partial charge in [-0.05, 0) is 24.4 Å². The van der Waals surface area contributed by atoms with E-state index in [9.17, 15) is 8.78 Å². The zero-order valence-corrected chi connectivity index (χ0v) is 7.98. The molecule has 2 nitrogen and oxygen atoms in total. The van der Waals surface area contributed by atoms with Crippen LogP contribution in [0.25, 0.3) is 0 Å². The van der Waals surface area contributed by atoms with Gasteiger partial charge >= 0.3 is 0 Å². The molecule has 74 valence electrons. The van der Waals surface area contributed by atoms with E-state index in [1.165, 1.54) is 6.07 Å². The highest BCUT2D eigenvalue weighted by Gasteiger charge is 2.02. The highest BCUT2D eigenvalue weighted by molar-refractivity contribution is 7.78. The molecule has 0 atom stereocenters. The van der Waals surface area contributed by atoms with Crippen molar-refractivity contribution < 1.29 is 13.5 Å². The second-order valence-electron chi connectivity index (χ2n) is 2.40. The van der Waals surface area contributed by atoms with Gasteiger partial charge in [0, 0.05) is 6.07 Å². The minimum Gasteiger partial charge on any atom is -0.492 e. The monoisotopic (exact) mass is 215 g/mol. The summed E-state index contributed by atoms with van der Waals surface area (Å²) >= 11 is 4.34. The third-order valence-electron chi connectivity index (χ3n) is 1.43. The van der Waals surface area contributed by atoms with Crippen molar-refractivity contribution in [3.05, 3.63) is 29.8 Å². The second-order valence-corrected chi connectivity index (χ2v) is 2.58. The minimum atomic E-state index is -0.930. The zero-order chi connectivity index (χ0) is 10.4. The van der Waals surface area contributed by atoms with Crippen LogP contribution < -0.4 is 4.74 Å². The Hall–Kier alpha value is -1.32. The molecule has 0 spiro atoms. The molecule has 0 radical (unpaired) electrons. The summed E-state index contributed by atoms with van der Waals surface area (Å²) in [5.41, 5.74) is 0. The first-order valence-corrected chi connectivity index (χ1v) is 4.26. The first-order valence-electron chi connectivity index (χ1n) is 3.85. The van der Waals surface area contributed by atoms with Gasteiger partial charge < -0.3 is 4.74 Å². The molecule has 0 heterocycles. The molecule has 1 aromatic carbocycles. The third-order valence-corrected chi connectivity index (χ3v) is 1.56. The van der Waals surface area contributed by atoms with Gasteiger partial charge in [-0.3, -0.25) is 0 Å². The van der Waals surface area contributed by atoms with Gasteiger partial charge in [0.2, 0.25) is 0 Å². The normalized spacial score (nSPS) is 9.29. The smallest absolute Gasteiger partial charge is 0.162 e. The van der Waals surface area contributed by atoms with Gasteiger partial charge in [0.05, 0.1) is 11.7 Å². The summed E-state index contributed by atoms with van der Waals surface area (Å²) in [6.07, 6.45) is 0. The predicted molar refractivity (Wildman–Crippen MR) is 51.7 cm³/mol. The molecule has 0 aromatic heterocycles. The number of ether oxygens (including phenoxy) is 1. The summed E-state index contributed by atoms with van der Waals surface area (Å²) in [4.78, 5) is 3.60. The van der Waals surface area contributed by atoms with Gasteiger partial charge in [-0.2, -0.15) is 0 Å². The van der Waals surface area contributed by atoms with Crippen molar-refractivity contribution >= 4 is 17.4 Å². The van der Waals surface area contributed by atoms with E-state index in [2.05, 4.69) is 22.4 Å². The fourth-order valence-corrected chi connectivity index (χ4v) is 0.913. The Bertz CT molecular complexity index is 364. The molecule has 0 aliphatic rings. The lowest BCUT2D eigenvalue weighted by Gasteiger charge is -2.03. The number of hydrogen-bond donors (Lipinski definition) is 0. The molecule has 0 amide bonds. The lowest BCUT2D eigenvalue weighted by molar-refractivity contribution is 0.325. The fourth-order valence-electron chi connectivity index (χ4n) is 0.821. The van der Waals surface area contributed by atoms with Crippen molar-refractivity contribution in [3.63, 3.8) is 0 Å². The van der Waals surface area contributed by atoms with Gasteiger partial charge in [-0.25, -0.2) is 13.8 Å². The molecule has 1 rings (SSSR count). The summed E-state index contributed by atoms with van der Waals surface area (Å²) in [6.45, 7) is 0.608. The van der Waals surface area contributed by atoms with Crippen LogP contribution in [0.2, 0.25) is 0 Å². The van der Waals surface area contributed by atoms with Gasteiger partial charge in [-0.1, -0.05) is 0 Å². The Morgan fingerprint density at radius 2 is 2.14 bits per heavy atom. The van der Waals surface area contributed by atoms with Crippen molar-refractivity contribution in [2.75, 3.05) is 13.2 Å². The Balaban J connectivity index is 2.51. The van der Waals surface area contributed by atoms with Crippen LogP contribution in [0.4, 0.5) is 8.78 Å². The maximum atomic E-state index is 12.6. The molecular formula is C9H7F2NOS. The molecule has 0 aliphatic heterocycles. The summed E-state index contributed by atoms with van der Waals surface area (Å²) < 4.78 is 30.2. The number of hydrogen-bond acceptors (Lipinski definition) is 3. The maximum Gasteiger partial charge on any atom is 0.162 e. The Morgan fingerprint density at radius 1 is 1.36 bits per heavy atom. The van der Waals surface area contributed by atoms with Crippen LogP contribution in [-0.2, 0) is 0 Å². The Morgan fingerprint density at radius 3 is 2.79 bits per heavy atom. The maximum absolute atomic E-state index is 12.6.